The minimum Gasteiger partial charge on any atom is -0.460 e. The molecule has 1 fully saturated rings. The van der Waals surface area contributed by atoms with Gasteiger partial charge < -0.3 is 19.4 Å². The monoisotopic (exact) mass is 521 g/mol. The molecule has 1 saturated heterocycles. The summed E-state index contributed by atoms with van der Waals surface area (Å²) in [6.45, 7) is 6.01. The third kappa shape index (κ3) is 5.70. The van der Waals surface area contributed by atoms with E-state index in [-0.39, 0.29) is 39.6 Å². The van der Waals surface area contributed by atoms with E-state index in [0.717, 1.165) is 12.8 Å². The van der Waals surface area contributed by atoms with Gasteiger partial charge in [0, 0.05) is 6.54 Å². The fourth-order valence-corrected chi connectivity index (χ4v) is 4.54. The summed E-state index contributed by atoms with van der Waals surface area (Å²) in [5, 5.41) is 0.426. The molecule has 0 radical (unpaired) electrons. The van der Waals surface area contributed by atoms with Crippen molar-refractivity contribution in [1.82, 2.24) is 14.9 Å². The van der Waals surface area contributed by atoms with E-state index >= 15 is 0 Å². The number of nitrogens with zero attached hydrogens (tertiary/aromatic N) is 2. The van der Waals surface area contributed by atoms with Crippen LogP contribution in [0.3, 0.4) is 0 Å². The summed E-state index contributed by atoms with van der Waals surface area (Å²) in [5.41, 5.74) is 0.509. The van der Waals surface area contributed by atoms with Crippen molar-refractivity contribution in [1.29, 1.82) is 0 Å². The molecule has 1 amide bonds. The summed E-state index contributed by atoms with van der Waals surface area (Å²) < 4.78 is 25.4. The van der Waals surface area contributed by atoms with Gasteiger partial charge in [-0.1, -0.05) is 29.3 Å². The lowest BCUT2D eigenvalue weighted by Crippen LogP contribution is -2.48. The van der Waals surface area contributed by atoms with Crippen LogP contribution in [0.5, 0.6) is 0 Å². The predicted molar refractivity (Wildman–Crippen MR) is 132 cm³/mol. The Balaban J connectivity index is 1.51. The third-order valence-electron chi connectivity index (χ3n) is 5.64. The number of fused-ring (bicyclic) bond motifs is 1. The second-order valence-corrected chi connectivity index (χ2v) is 10.3. The Hall–Kier alpha value is -2.84. The van der Waals surface area contributed by atoms with Gasteiger partial charge >= 0.3 is 12.1 Å². The number of carbonyl (C=O) groups is 2. The number of rotatable bonds is 4. The average molecular weight is 522 g/mol. The van der Waals surface area contributed by atoms with E-state index in [1.807, 2.05) is 20.8 Å². The van der Waals surface area contributed by atoms with Gasteiger partial charge in [0.05, 0.1) is 38.2 Å². The zero-order chi connectivity index (χ0) is 25.3. The maximum absolute atomic E-state index is 14.3. The van der Waals surface area contributed by atoms with Gasteiger partial charge in [-0.15, -0.1) is 0 Å². The molecular weight excluding hydrogens is 496 g/mol. The summed E-state index contributed by atoms with van der Waals surface area (Å²) >= 11 is 12.5. The maximum atomic E-state index is 14.3. The summed E-state index contributed by atoms with van der Waals surface area (Å²) in [4.78, 5) is 34.4. The molecule has 7 nitrogen and oxygen atoms in total. The molecule has 1 atom stereocenters. The van der Waals surface area contributed by atoms with Crippen LogP contribution in [0.2, 0.25) is 10.0 Å². The van der Waals surface area contributed by atoms with Gasteiger partial charge in [-0.25, -0.2) is 19.0 Å². The Labute approximate surface area is 212 Å². The van der Waals surface area contributed by atoms with Gasteiger partial charge in [-0.05, 0) is 64.3 Å². The number of nitrogens with one attached hydrogen (secondary N) is 1. The molecule has 0 saturated carbocycles. The number of H-pyrrole nitrogens is 1. The van der Waals surface area contributed by atoms with Crippen LogP contribution in [0, 0.1) is 5.82 Å². The van der Waals surface area contributed by atoms with Crippen molar-refractivity contribution in [3.63, 3.8) is 0 Å². The van der Waals surface area contributed by atoms with Gasteiger partial charge in [-0.3, -0.25) is 0 Å². The number of esters is 1. The van der Waals surface area contributed by atoms with E-state index in [0.29, 0.717) is 24.0 Å². The number of hydrogen-bond donors (Lipinski definition) is 1. The second kappa shape index (κ2) is 10.0. The van der Waals surface area contributed by atoms with Gasteiger partial charge in [0.1, 0.15) is 23.8 Å². The number of piperidine rings is 1. The molecule has 1 N–H and O–H groups in total. The van der Waals surface area contributed by atoms with Gasteiger partial charge in [0.25, 0.3) is 0 Å². The lowest BCUT2D eigenvalue weighted by atomic mass is 10.0. The minimum absolute atomic E-state index is 0.0321. The fourth-order valence-electron chi connectivity index (χ4n) is 4.02. The molecule has 2 aromatic carbocycles. The number of amides is 1. The van der Waals surface area contributed by atoms with E-state index in [9.17, 15) is 14.0 Å². The number of hydrogen-bond acceptors (Lipinski definition) is 5. The number of imidazole rings is 1. The SMILES string of the molecule is CC(C)(C)OC(=O)N1CCCCC1COC(=O)c1cc(Cl)c2[nH]c(-c3c(F)cccc3Cl)nc2c1. The lowest BCUT2D eigenvalue weighted by molar-refractivity contribution is -0.00527. The van der Waals surface area contributed by atoms with Crippen molar-refractivity contribution in [2.75, 3.05) is 13.2 Å². The highest BCUT2D eigenvalue weighted by molar-refractivity contribution is 6.35. The highest BCUT2D eigenvalue weighted by Gasteiger charge is 2.31. The molecular formula is C25H26Cl2FN3O4. The molecule has 35 heavy (non-hydrogen) atoms. The quantitative estimate of drug-likeness (QED) is 0.389. The molecule has 1 unspecified atom stereocenters. The van der Waals surface area contributed by atoms with E-state index in [1.165, 1.54) is 24.3 Å². The fraction of sp³-hybridized carbons (Fsp3) is 0.400. The lowest BCUT2D eigenvalue weighted by Gasteiger charge is -2.36. The zero-order valence-electron chi connectivity index (χ0n) is 19.7. The van der Waals surface area contributed by atoms with Crippen LogP contribution < -0.4 is 0 Å². The van der Waals surface area contributed by atoms with E-state index in [1.54, 1.807) is 11.0 Å². The number of aromatic nitrogens is 2. The average Bonchev–Trinajstić information content (AvgIpc) is 3.20. The Morgan fingerprint density at radius 2 is 1.97 bits per heavy atom. The number of aromatic amines is 1. The first-order chi connectivity index (χ1) is 16.5. The smallest absolute Gasteiger partial charge is 0.410 e. The first kappa shape index (κ1) is 25.3. The standard InChI is InChI=1S/C25H26Cl2FN3O4/c1-25(2,3)35-24(33)31-10-5-4-7-15(31)13-34-23(32)14-11-17(27)21-19(12-14)29-22(30-21)20-16(26)8-6-9-18(20)28/h6,8-9,11-12,15H,4-5,7,10,13H2,1-3H3,(H,29,30). The highest BCUT2D eigenvalue weighted by Crippen LogP contribution is 2.32. The first-order valence-electron chi connectivity index (χ1n) is 11.3. The van der Waals surface area contributed by atoms with E-state index in [2.05, 4.69) is 9.97 Å². The Bertz CT molecular complexity index is 1250. The predicted octanol–water partition coefficient (Wildman–Crippen LogP) is 6.62. The first-order valence-corrected chi connectivity index (χ1v) is 12.1. The molecule has 1 aliphatic rings. The Morgan fingerprint density at radius 3 is 2.69 bits per heavy atom. The van der Waals surface area contributed by atoms with Crippen LogP contribution >= 0.6 is 23.2 Å². The van der Waals surface area contributed by atoms with Crippen molar-refractivity contribution in [2.45, 2.75) is 51.7 Å². The van der Waals surface area contributed by atoms with Gasteiger partial charge in [-0.2, -0.15) is 0 Å². The highest BCUT2D eigenvalue weighted by atomic mass is 35.5. The van der Waals surface area contributed by atoms with Crippen molar-refractivity contribution in [3.8, 4) is 11.4 Å². The largest absolute Gasteiger partial charge is 0.460 e. The van der Waals surface area contributed by atoms with Crippen molar-refractivity contribution >= 4 is 46.3 Å². The zero-order valence-corrected chi connectivity index (χ0v) is 21.2. The molecule has 0 aliphatic carbocycles. The summed E-state index contributed by atoms with van der Waals surface area (Å²) in [6, 6.07) is 7.05. The van der Waals surface area contributed by atoms with Crippen LogP contribution in [0.1, 0.15) is 50.4 Å². The van der Waals surface area contributed by atoms with Crippen LogP contribution in [-0.2, 0) is 9.47 Å². The van der Waals surface area contributed by atoms with Crippen molar-refractivity contribution in [2.24, 2.45) is 0 Å². The summed E-state index contributed by atoms with van der Waals surface area (Å²) in [7, 11) is 0. The number of benzene rings is 2. The molecule has 186 valence electrons. The minimum atomic E-state index is -0.614. The number of halogens is 3. The molecule has 2 heterocycles. The Kier molecular flexibility index (Phi) is 7.24. The molecule has 4 rings (SSSR count). The molecule has 0 spiro atoms. The van der Waals surface area contributed by atoms with E-state index < -0.39 is 23.5 Å². The third-order valence-corrected chi connectivity index (χ3v) is 6.26. The van der Waals surface area contributed by atoms with Crippen molar-refractivity contribution < 1.29 is 23.5 Å². The van der Waals surface area contributed by atoms with Crippen molar-refractivity contribution in [3.05, 3.63) is 51.8 Å². The normalized spacial score (nSPS) is 16.4. The Morgan fingerprint density at radius 1 is 1.20 bits per heavy atom. The van der Waals surface area contributed by atoms with Crippen LogP contribution in [0.15, 0.2) is 30.3 Å². The summed E-state index contributed by atoms with van der Waals surface area (Å²) in [5.74, 6) is -0.933. The van der Waals surface area contributed by atoms with E-state index in [4.69, 9.17) is 32.7 Å². The van der Waals surface area contributed by atoms with Crippen LogP contribution in [0.4, 0.5) is 9.18 Å². The molecule has 1 aromatic heterocycles. The maximum Gasteiger partial charge on any atom is 0.410 e. The van der Waals surface area contributed by atoms with Gasteiger partial charge in [0.2, 0.25) is 0 Å². The van der Waals surface area contributed by atoms with Crippen LogP contribution in [0.25, 0.3) is 22.4 Å². The number of likely N-dealkylation sites (tertiary alicyclic amines) is 1. The second-order valence-electron chi connectivity index (χ2n) is 9.46. The number of ether oxygens (including phenoxy) is 2. The molecule has 0 bridgehead atoms. The number of carbonyl (C=O) groups excluding carboxylic acids is 2. The van der Waals surface area contributed by atoms with Gasteiger partial charge in [0.15, 0.2) is 0 Å². The van der Waals surface area contributed by atoms with Crippen LogP contribution in [-0.4, -0.2) is 51.7 Å². The molecule has 1 aliphatic heterocycles. The molecule has 3 aromatic rings. The topological polar surface area (TPSA) is 84.5 Å². The summed E-state index contributed by atoms with van der Waals surface area (Å²) in [6.07, 6.45) is 2.08. The molecule has 10 heteroatoms.